The zero-order valence-corrected chi connectivity index (χ0v) is 17.4. The molecule has 1 atom stereocenters. The molecule has 1 saturated carbocycles. The molecule has 2 fully saturated rings. The van der Waals surface area contributed by atoms with E-state index in [1.54, 1.807) is 6.20 Å². The number of nitrogens with one attached hydrogen (secondary N) is 1. The fourth-order valence-electron chi connectivity index (χ4n) is 4.89. The average molecular weight is 393 g/mol. The molecule has 154 valence electrons. The van der Waals surface area contributed by atoms with Gasteiger partial charge < -0.3 is 5.32 Å². The first-order chi connectivity index (χ1) is 14.2. The van der Waals surface area contributed by atoms with Gasteiger partial charge in [-0.3, -0.25) is 9.69 Å². The van der Waals surface area contributed by atoms with Gasteiger partial charge in [-0.25, -0.2) is 9.97 Å². The molecule has 2 aliphatic rings. The number of benzene rings is 1. The molecular formula is C24H32N4O. The van der Waals surface area contributed by atoms with E-state index in [4.69, 9.17) is 4.98 Å². The SMILES string of the molecule is Cc1ncc(C(=O)NCc2ccccc2)c([C@H]2CCCCN2C2CCCCC2)n1. The van der Waals surface area contributed by atoms with Crippen molar-refractivity contribution in [2.24, 2.45) is 0 Å². The Bertz CT molecular complexity index is 817. The van der Waals surface area contributed by atoms with E-state index in [0.29, 0.717) is 18.2 Å². The maximum absolute atomic E-state index is 13.1. The van der Waals surface area contributed by atoms with Crippen molar-refractivity contribution in [2.45, 2.75) is 76.9 Å². The van der Waals surface area contributed by atoms with Crippen molar-refractivity contribution in [1.82, 2.24) is 20.2 Å². The van der Waals surface area contributed by atoms with Gasteiger partial charge in [0.1, 0.15) is 5.82 Å². The Kier molecular flexibility index (Phi) is 6.55. The zero-order valence-electron chi connectivity index (χ0n) is 17.4. The van der Waals surface area contributed by atoms with E-state index in [-0.39, 0.29) is 11.9 Å². The van der Waals surface area contributed by atoms with Crippen LogP contribution in [0.3, 0.4) is 0 Å². The Morgan fingerprint density at radius 3 is 2.62 bits per heavy atom. The minimum atomic E-state index is -0.0713. The van der Waals surface area contributed by atoms with Gasteiger partial charge >= 0.3 is 0 Å². The molecule has 1 N–H and O–H groups in total. The molecule has 1 aliphatic carbocycles. The molecule has 5 nitrogen and oxygen atoms in total. The third-order valence-electron chi connectivity index (χ3n) is 6.38. The molecule has 1 aliphatic heterocycles. The number of rotatable bonds is 5. The second kappa shape index (κ2) is 9.49. The normalized spacial score (nSPS) is 21.1. The molecule has 0 spiro atoms. The Labute approximate surface area is 173 Å². The van der Waals surface area contributed by atoms with E-state index in [2.05, 4.69) is 15.2 Å². The van der Waals surface area contributed by atoms with Crippen molar-refractivity contribution < 1.29 is 4.79 Å². The minimum Gasteiger partial charge on any atom is -0.348 e. The highest BCUT2D eigenvalue weighted by Gasteiger charge is 2.34. The third-order valence-corrected chi connectivity index (χ3v) is 6.38. The van der Waals surface area contributed by atoms with Gasteiger partial charge in [0, 0.05) is 18.8 Å². The van der Waals surface area contributed by atoms with Crippen molar-refractivity contribution in [3.8, 4) is 0 Å². The number of amides is 1. The number of carbonyl (C=O) groups excluding carboxylic acids is 1. The highest BCUT2D eigenvalue weighted by molar-refractivity contribution is 5.95. The molecule has 4 rings (SSSR count). The third kappa shape index (κ3) is 4.84. The highest BCUT2D eigenvalue weighted by Crippen LogP contribution is 2.37. The fourth-order valence-corrected chi connectivity index (χ4v) is 4.89. The predicted octanol–water partition coefficient (Wildman–Crippen LogP) is 4.57. The number of hydrogen-bond donors (Lipinski definition) is 1. The van der Waals surface area contributed by atoms with Gasteiger partial charge in [-0.05, 0) is 44.7 Å². The number of likely N-dealkylation sites (tertiary alicyclic amines) is 1. The molecule has 1 aromatic heterocycles. The van der Waals surface area contributed by atoms with Crippen LogP contribution in [0.2, 0.25) is 0 Å². The number of nitrogens with zero attached hydrogens (tertiary/aromatic N) is 3. The van der Waals surface area contributed by atoms with Crippen LogP contribution < -0.4 is 5.32 Å². The molecule has 2 heterocycles. The lowest BCUT2D eigenvalue weighted by atomic mass is 9.88. The Hall–Kier alpha value is -2.27. The first-order valence-electron chi connectivity index (χ1n) is 11.1. The van der Waals surface area contributed by atoms with Crippen LogP contribution >= 0.6 is 0 Å². The van der Waals surface area contributed by atoms with Crippen LogP contribution in [-0.2, 0) is 6.54 Å². The minimum absolute atomic E-state index is 0.0713. The summed E-state index contributed by atoms with van der Waals surface area (Å²) in [5.41, 5.74) is 2.66. The second-order valence-electron chi connectivity index (χ2n) is 8.43. The lowest BCUT2D eigenvalue weighted by Gasteiger charge is -2.43. The molecule has 5 heteroatoms. The zero-order chi connectivity index (χ0) is 20.1. The van der Waals surface area contributed by atoms with Crippen LogP contribution in [0.1, 0.15) is 84.8 Å². The van der Waals surface area contributed by atoms with Gasteiger partial charge in [0.15, 0.2) is 0 Å². The van der Waals surface area contributed by atoms with E-state index in [1.165, 1.54) is 44.9 Å². The van der Waals surface area contributed by atoms with Crippen LogP contribution in [0.4, 0.5) is 0 Å². The van der Waals surface area contributed by atoms with Gasteiger partial charge in [-0.2, -0.15) is 0 Å². The topological polar surface area (TPSA) is 58.1 Å². The van der Waals surface area contributed by atoms with Gasteiger partial charge in [-0.1, -0.05) is 56.0 Å². The second-order valence-corrected chi connectivity index (χ2v) is 8.43. The molecule has 0 unspecified atom stereocenters. The van der Waals surface area contributed by atoms with Gasteiger partial charge in [0.25, 0.3) is 5.91 Å². The molecule has 0 bridgehead atoms. The summed E-state index contributed by atoms with van der Waals surface area (Å²) < 4.78 is 0. The summed E-state index contributed by atoms with van der Waals surface area (Å²) in [4.78, 5) is 24.9. The monoisotopic (exact) mass is 392 g/mol. The summed E-state index contributed by atoms with van der Waals surface area (Å²) in [6.45, 7) is 3.55. The Morgan fingerprint density at radius 1 is 1.07 bits per heavy atom. The number of carbonyl (C=O) groups is 1. The molecule has 0 radical (unpaired) electrons. The lowest BCUT2D eigenvalue weighted by molar-refractivity contribution is 0.0684. The van der Waals surface area contributed by atoms with Crippen LogP contribution in [0.5, 0.6) is 0 Å². The molecular weight excluding hydrogens is 360 g/mol. The number of hydrogen-bond acceptors (Lipinski definition) is 4. The van der Waals surface area contributed by atoms with Crippen molar-refractivity contribution in [3.05, 3.63) is 59.2 Å². The van der Waals surface area contributed by atoms with E-state index in [0.717, 1.165) is 30.0 Å². The summed E-state index contributed by atoms with van der Waals surface area (Å²) in [5.74, 6) is 0.673. The number of piperidine rings is 1. The van der Waals surface area contributed by atoms with Crippen molar-refractivity contribution >= 4 is 5.91 Å². The van der Waals surface area contributed by atoms with Crippen molar-refractivity contribution in [3.63, 3.8) is 0 Å². The maximum atomic E-state index is 13.1. The smallest absolute Gasteiger partial charge is 0.255 e. The van der Waals surface area contributed by atoms with Gasteiger partial charge in [0.2, 0.25) is 0 Å². The lowest BCUT2D eigenvalue weighted by Crippen LogP contribution is -2.43. The first kappa shape index (κ1) is 20.0. The molecule has 2 aromatic rings. The van der Waals surface area contributed by atoms with E-state index < -0.39 is 0 Å². The summed E-state index contributed by atoms with van der Waals surface area (Å²) >= 11 is 0. The fraction of sp³-hybridized carbons (Fsp3) is 0.542. The molecule has 1 saturated heterocycles. The molecule has 1 amide bonds. The standard InChI is InChI=1S/C24H32N4O/c1-18-25-17-21(24(29)26-16-19-10-4-2-5-11-19)23(27-18)22-14-8-9-15-28(22)20-12-6-3-7-13-20/h2,4-5,10-11,17,20,22H,3,6-9,12-16H2,1H3,(H,26,29)/t22-/m1/s1. The van der Waals surface area contributed by atoms with Crippen LogP contribution in [0, 0.1) is 6.92 Å². The Balaban J connectivity index is 1.57. The van der Waals surface area contributed by atoms with Gasteiger partial charge in [-0.15, -0.1) is 0 Å². The van der Waals surface area contributed by atoms with Crippen LogP contribution in [-0.4, -0.2) is 33.4 Å². The number of aryl methyl sites for hydroxylation is 1. The largest absolute Gasteiger partial charge is 0.348 e. The molecule has 29 heavy (non-hydrogen) atoms. The summed E-state index contributed by atoms with van der Waals surface area (Å²) in [6, 6.07) is 10.9. The number of aromatic nitrogens is 2. The quantitative estimate of drug-likeness (QED) is 0.809. The van der Waals surface area contributed by atoms with Gasteiger partial charge in [0.05, 0.1) is 17.3 Å². The van der Waals surface area contributed by atoms with E-state index >= 15 is 0 Å². The first-order valence-corrected chi connectivity index (χ1v) is 11.1. The van der Waals surface area contributed by atoms with E-state index in [9.17, 15) is 4.79 Å². The van der Waals surface area contributed by atoms with Crippen molar-refractivity contribution in [2.75, 3.05) is 6.54 Å². The summed E-state index contributed by atoms with van der Waals surface area (Å²) in [6.07, 6.45) is 11.8. The molecule has 1 aromatic carbocycles. The summed E-state index contributed by atoms with van der Waals surface area (Å²) in [7, 11) is 0. The highest BCUT2D eigenvalue weighted by atomic mass is 16.1. The van der Waals surface area contributed by atoms with E-state index in [1.807, 2.05) is 37.3 Å². The predicted molar refractivity (Wildman–Crippen MR) is 115 cm³/mol. The van der Waals surface area contributed by atoms with Crippen LogP contribution in [0.15, 0.2) is 36.5 Å². The Morgan fingerprint density at radius 2 is 1.83 bits per heavy atom. The van der Waals surface area contributed by atoms with Crippen LogP contribution in [0.25, 0.3) is 0 Å². The van der Waals surface area contributed by atoms with Crippen molar-refractivity contribution in [1.29, 1.82) is 0 Å². The summed E-state index contributed by atoms with van der Waals surface area (Å²) in [5, 5.41) is 3.07. The maximum Gasteiger partial charge on any atom is 0.255 e. The average Bonchev–Trinajstić information content (AvgIpc) is 2.79.